The first kappa shape index (κ1) is 16.8. The van der Waals surface area contributed by atoms with Crippen molar-refractivity contribution in [3.63, 3.8) is 0 Å². The van der Waals surface area contributed by atoms with Crippen molar-refractivity contribution in [3.8, 4) is 12.3 Å². The molecule has 0 amide bonds. The van der Waals surface area contributed by atoms with E-state index >= 15 is 4.39 Å². The van der Waals surface area contributed by atoms with Crippen LogP contribution < -0.4 is 11.3 Å². The van der Waals surface area contributed by atoms with E-state index in [2.05, 4.69) is 19.7 Å². The lowest BCUT2D eigenvalue weighted by Gasteiger charge is -2.34. The summed E-state index contributed by atoms with van der Waals surface area (Å²) in [5.74, 6) is -5.27. The van der Waals surface area contributed by atoms with Crippen LogP contribution in [0.2, 0.25) is 0 Å². The molecule has 124 valence electrons. The quantitative estimate of drug-likeness (QED) is 0.496. The molecule has 1 unspecified atom stereocenters. The Morgan fingerprint density at radius 2 is 2.30 bits per heavy atom. The minimum Gasteiger partial charge on any atom is -0.390 e. The second-order valence-corrected chi connectivity index (χ2v) is 4.61. The highest BCUT2D eigenvalue weighted by Gasteiger charge is 2.54. The standard InChI is InChI=1S/C12H13F2N5O4/c1-3-11(13,9(22)12(14,4-20)23-2)19-5-16-6-7(19)17-10(15)18-8(6)21/h1,5,9,20,22H,4H2,2H3,(H3,15,17,18,21)/t9-,11-,12?/m0/s1. The molecule has 2 heterocycles. The van der Waals surface area contributed by atoms with Gasteiger partial charge in [-0.2, -0.15) is 4.98 Å². The zero-order valence-electron chi connectivity index (χ0n) is 11.8. The van der Waals surface area contributed by atoms with Crippen LogP contribution in [0.25, 0.3) is 11.2 Å². The Bertz CT molecular complexity index is 825. The van der Waals surface area contributed by atoms with Gasteiger partial charge in [-0.3, -0.25) is 14.3 Å². The lowest BCUT2D eigenvalue weighted by atomic mass is 10.0. The van der Waals surface area contributed by atoms with Crippen LogP contribution in [-0.4, -0.2) is 55.4 Å². The van der Waals surface area contributed by atoms with Gasteiger partial charge in [-0.1, -0.05) is 0 Å². The van der Waals surface area contributed by atoms with Crippen LogP contribution in [0.1, 0.15) is 0 Å². The van der Waals surface area contributed by atoms with Crippen LogP contribution in [0.3, 0.4) is 0 Å². The summed E-state index contributed by atoms with van der Waals surface area (Å²) in [5, 5.41) is 19.0. The number of anilines is 1. The van der Waals surface area contributed by atoms with Gasteiger partial charge < -0.3 is 20.7 Å². The lowest BCUT2D eigenvalue weighted by molar-refractivity contribution is -0.248. The maximum absolute atomic E-state index is 15.2. The molecule has 3 atom stereocenters. The third-order valence-corrected chi connectivity index (χ3v) is 3.30. The second kappa shape index (κ2) is 5.58. The van der Waals surface area contributed by atoms with E-state index in [1.807, 2.05) is 0 Å². The zero-order valence-corrected chi connectivity index (χ0v) is 11.8. The number of methoxy groups -OCH3 is 1. The Balaban J connectivity index is 2.71. The van der Waals surface area contributed by atoms with Gasteiger partial charge in [0.2, 0.25) is 5.95 Å². The van der Waals surface area contributed by atoms with E-state index in [-0.39, 0.29) is 11.5 Å². The summed E-state index contributed by atoms with van der Waals surface area (Å²) in [6.07, 6.45) is 3.19. The Morgan fingerprint density at radius 1 is 1.65 bits per heavy atom. The highest BCUT2D eigenvalue weighted by Crippen LogP contribution is 2.34. The summed E-state index contributed by atoms with van der Waals surface area (Å²) >= 11 is 0. The topological polar surface area (TPSA) is 139 Å². The molecule has 0 aliphatic carbocycles. The number of aromatic nitrogens is 4. The number of alkyl halides is 2. The van der Waals surface area contributed by atoms with E-state index in [1.54, 1.807) is 5.92 Å². The molecule has 0 aliphatic heterocycles. The van der Waals surface area contributed by atoms with Crippen molar-refractivity contribution in [1.82, 2.24) is 19.5 Å². The lowest BCUT2D eigenvalue weighted by Crippen LogP contribution is -2.55. The number of aromatic amines is 1. The molecule has 0 radical (unpaired) electrons. The number of nitrogens with one attached hydrogen (secondary N) is 1. The number of ether oxygens (including phenoxy) is 1. The molecule has 5 N–H and O–H groups in total. The molecule has 0 fully saturated rings. The molecule has 0 saturated carbocycles. The first-order valence-corrected chi connectivity index (χ1v) is 6.16. The molecule has 0 aliphatic rings. The molecule has 2 aromatic heterocycles. The molecular formula is C12H13F2N5O4. The number of aliphatic hydroxyl groups is 2. The van der Waals surface area contributed by atoms with Crippen LogP contribution in [0.4, 0.5) is 14.7 Å². The summed E-state index contributed by atoms with van der Waals surface area (Å²) < 4.78 is 34.2. The Hall–Kier alpha value is -2.55. The number of H-pyrrole nitrogens is 1. The van der Waals surface area contributed by atoms with Gasteiger partial charge in [0.1, 0.15) is 12.9 Å². The molecule has 0 saturated heterocycles. The number of fused-ring (bicyclic) bond motifs is 1. The molecular weight excluding hydrogens is 316 g/mol. The van der Waals surface area contributed by atoms with E-state index in [1.165, 1.54) is 0 Å². The van der Waals surface area contributed by atoms with Gasteiger partial charge in [-0.25, -0.2) is 13.8 Å². The third kappa shape index (κ3) is 2.42. The van der Waals surface area contributed by atoms with Gasteiger partial charge in [-0.05, 0) is 5.92 Å². The zero-order chi connectivity index (χ0) is 17.4. The molecule has 2 rings (SSSR count). The summed E-state index contributed by atoms with van der Waals surface area (Å²) in [6.45, 7) is -1.37. The second-order valence-electron chi connectivity index (χ2n) is 4.61. The minimum atomic E-state index is -3.27. The average Bonchev–Trinajstić information content (AvgIpc) is 2.97. The van der Waals surface area contributed by atoms with Crippen LogP contribution in [0.5, 0.6) is 0 Å². The van der Waals surface area contributed by atoms with E-state index in [0.717, 1.165) is 13.4 Å². The Morgan fingerprint density at radius 3 is 2.83 bits per heavy atom. The molecule has 23 heavy (non-hydrogen) atoms. The number of halogens is 2. The van der Waals surface area contributed by atoms with Crippen molar-refractivity contribution in [2.24, 2.45) is 0 Å². The fraction of sp³-hybridized carbons (Fsp3) is 0.417. The Labute approximate surface area is 127 Å². The number of rotatable bonds is 5. The minimum absolute atomic E-state index is 0.324. The molecule has 0 bridgehead atoms. The van der Waals surface area contributed by atoms with E-state index in [9.17, 15) is 14.3 Å². The molecule has 2 aromatic rings. The van der Waals surface area contributed by atoms with Gasteiger partial charge in [-0.15, -0.1) is 6.42 Å². The van der Waals surface area contributed by atoms with Crippen molar-refractivity contribution >= 4 is 17.1 Å². The van der Waals surface area contributed by atoms with Crippen LogP contribution in [0, 0.1) is 12.3 Å². The van der Waals surface area contributed by atoms with Crippen LogP contribution in [0.15, 0.2) is 11.1 Å². The number of nitrogen functional groups attached to an aromatic ring is 1. The van der Waals surface area contributed by atoms with Gasteiger partial charge in [0.15, 0.2) is 17.3 Å². The first-order chi connectivity index (χ1) is 10.7. The fourth-order valence-electron chi connectivity index (χ4n) is 1.99. The largest absolute Gasteiger partial charge is 0.390 e. The monoisotopic (exact) mass is 329 g/mol. The summed E-state index contributed by atoms with van der Waals surface area (Å²) in [4.78, 5) is 21.1. The van der Waals surface area contributed by atoms with Gasteiger partial charge >= 0.3 is 0 Å². The van der Waals surface area contributed by atoms with Crippen LogP contribution in [-0.2, 0) is 10.5 Å². The normalized spacial score (nSPS) is 18.1. The van der Waals surface area contributed by atoms with E-state index < -0.39 is 35.6 Å². The van der Waals surface area contributed by atoms with Crippen molar-refractivity contribution < 1.29 is 23.7 Å². The maximum Gasteiger partial charge on any atom is 0.282 e. The molecule has 9 nitrogen and oxygen atoms in total. The molecule has 11 heteroatoms. The van der Waals surface area contributed by atoms with Crippen molar-refractivity contribution in [1.29, 1.82) is 0 Å². The molecule has 0 aromatic carbocycles. The van der Waals surface area contributed by atoms with Crippen molar-refractivity contribution in [3.05, 3.63) is 16.7 Å². The van der Waals surface area contributed by atoms with E-state index in [4.69, 9.17) is 17.3 Å². The maximum atomic E-state index is 15.2. The van der Waals surface area contributed by atoms with Crippen molar-refractivity contribution in [2.75, 3.05) is 19.5 Å². The number of nitrogens with two attached hydrogens (primary N) is 1. The first-order valence-electron chi connectivity index (χ1n) is 6.16. The smallest absolute Gasteiger partial charge is 0.282 e. The number of nitrogens with zero attached hydrogens (tertiary/aromatic N) is 3. The third-order valence-electron chi connectivity index (χ3n) is 3.30. The van der Waals surface area contributed by atoms with E-state index in [0.29, 0.717) is 4.57 Å². The molecule has 0 spiro atoms. The predicted octanol–water partition coefficient (Wildman–Crippen LogP) is -1.38. The van der Waals surface area contributed by atoms with Crippen LogP contribution >= 0.6 is 0 Å². The summed E-state index contributed by atoms with van der Waals surface area (Å²) in [5.41, 5.74) is 3.85. The van der Waals surface area contributed by atoms with Gasteiger partial charge in [0.05, 0.1) is 0 Å². The predicted molar refractivity (Wildman–Crippen MR) is 74.4 cm³/mol. The number of hydrogen-bond acceptors (Lipinski definition) is 7. The SMILES string of the molecule is C#C[C@@](F)([C@H](O)C(F)(CO)OC)n1cnc2c(=O)[nH]c(N)nc21. The highest BCUT2D eigenvalue weighted by atomic mass is 19.2. The summed E-state index contributed by atoms with van der Waals surface area (Å²) in [6, 6.07) is 0. The van der Waals surface area contributed by atoms with Gasteiger partial charge in [0, 0.05) is 7.11 Å². The number of aliphatic hydroxyl groups excluding tert-OH is 2. The van der Waals surface area contributed by atoms with Gasteiger partial charge in [0.25, 0.3) is 17.2 Å². The average molecular weight is 329 g/mol. The number of hydrogen-bond donors (Lipinski definition) is 4. The Kier molecular flexibility index (Phi) is 4.08. The number of terminal acetylenes is 1. The fourth-order valence-corrected chi connectivity index (χ4v) is 1.99. The summed E-state index contributed by atoms with van der Waals surface area (Å²) in [7, 11) is 0.809. The van der Waals surface area contributed by atoms with Crippen molar-refractivity contribution in [2.45, 2.75) is 17.8 Å². The highest BCUT2D eigenvalue weighted by molar-refractivity contribution is 5.71. The number of imidazole rings is 1.